The maximum atomic E-state index is 12.5. The average molecular weight is 375 g/mol. The Morgan fingerprint density at radius 1 is 1.26 bits per heavy atom. The van der Waals surface area contributed by atoms with E-state index in [4.69, 9.17) is 4.74 Å². The highest BCUT2D eigenvalue weighted by Gasteiger charge is 2.28. The van der Waals surface area contributed by atoms with E-state index in [-0.39, 0.29) is 23.8 Å². The standard InChI is InChI=1S/C22H34N2O3/c1-3-4-6-10-18(2)23-22(26)19-11-9-15-24(17-19)21(25)14-16-27-20-12-7-5-8-13-20/h5,7-8,12-13,18-19H,3-4,6,9-11,14-17H2,1-2H3,(H,23,26). The van der Waals surface area contributed by atoms with Crippen LogP contribution in [-0.2, 0) is 9.59 Å². The number of nitrogens with zero attached hydrogens (tertiary/aromatic N) is 1. The van der Waals surface area contributed by atoms with Crippen molar-refractivity contribution in [3.8, 4) is 5.75 Å². The lowest BCUT2D eigenvalue weighted by Crippen LogP contribution is -2.47. The van der Waals surface area contributed by atoms with Crippen LogP contribution in [0.25, 0.3) is 0 Å². The van der Waals surface area contributed by atoms with Crippen LogP contribution >= 0.6 is 0 Å². The molecule has 2 unspecified atom stereocenters. The zero-order chi connectivity index (χ0) is 19.5. The van der Waals surface area contributed by atoms with Crippen LogP contribution in [0.4, 0.5) is 0 Å². The third-order valence-electron chi connectivity index (χ3n) is 5.10. The molecule has 1 aliphatic heterocycles. The molecule has 0 aliphatic carbocycles. The Morgan fingerprint density at radius 2 is 2.04 bits per heavy atom. The quantitative estimate of drug-likeness (QED) is 0.634. The van der Waals surface area contributed by atoms with Gasteiger partial charge in [0.1, 0.15) is 5.75 Å². The summed E-state index contributed by atoms with van der Waals surface area (Å²) in [4.78, 5) is 26.8. The molecule has 1 aromatic carbocycles. The third kappa shape index (κ3) is 7.61. The summed E-state index contributed by atoms with van der Waals surface area (Å²) in [6, 6.07) is 9.72. The highest BCUT2D eigenvalue weighted by molar-refractivity contribution is 5.81. The molecule has 150 valence electrons. The monoisotopic (exact) mass is 374 g/mol. The van der Waals surface area contributed by atoms with Gasteiger partial charge in [-0.15, -0.1) is 0 Å². The fourth-order valence-electron chi connectivity index (χ4n) is 3.48. The van der Waals surface area contributed by atoms with Gasteiger partial charge >= 0.3 is 0 Å². The molecule has 5 nitrogen and oxygen atoms in total. The van der Waals surface area contributed by atoms with Gasteiger partial charge < -0.3 is 15.0 Å². The molecule has 1 aliphatic rings. The van der Waals surface area contributed by atoms with Gasteiger partial charge in [0, 0.05) is 19.1 Å². The lowest BCUT2D eigenvalue weighted by Gasteiger charge is -2.32. The molecule has 0 saturated carbocycles. The Balaban J connectivity index is 1.72. The maximum absolute atomic E-state index is 12.5. The minimum Gasteiger partial charge on any atom is -0.493 e. The minimum absolute atomic E-state index is 0.0689. The van der Waals surface area contributed by atoms with Gasteiger partial charge in [0.05, 0.1) is 18.9 Å². The van der Waals surface area contributed by atoms with Crippen LogP contribution < -0.4 is 10.1 Å². The molecule has 0 radical (unpaired) electrons. The molecule has 5 heteroatoms. The van der Waals surface area contributed by atoms with Crippen LogP contribution in [0.15, 0.2) is 30.3 Å². The van der Waals surface area contributed by atoms with Crippen molar-refractivity contribution in [2.45, 2.75) is 64.8 Å². The largest absolute Gasteiger partial charge is 0.493 e. The zero-order valence-electron chi connectivity index (χ0n) is 16.8. The van der Waals surface area contributed by atoms with Crippen LogP contribution in [0.2, 0.25) is 0 Å². The smallest absolute Gasteiger partial charge is 0.226 e. The summed E-state index contributed by atoms with van der Waals surface area (Å²) in [5.74, 6) is 0.848. The molecular weight excluding hydrogens is 340 g/mol. The van der Waals surface area contributed by atoms with E-state index < -0.39 is 0 Å². The molecule has 2 atom stereocenters. The van der Waals surface area contributed by atoms with Gasteiger partial charge in [0.25, 0.3) is 0 Å². The second kappa shape index (κ2) is 11.6. The predicted molar refractivity (Wildman–Crippen MR) is 108 cm³/mol. The van der Waals surface area contributed by atoms with Gasteiger partial charge in [-0.05, 0) is 38.3 Å². The van der Waals surface area contributed by atoms with Crippen molar-refractivity contribution >= 4 is 11.8 Å². The second-order valence-electron chi connectivity index (χ2n) is 7.50. The van der Waals surface area contributed by atoms with Crippen molar-refractivity contribution in [3.63, 3.8) is 0 Å². The number of hydrogen-bond acceptors (Lipinski definition) is 3. The minimum atomic E-state index is -0.0913. The maximum Gasteiger partial charge on any atom is 0.226 e. The van der Waals surface area contributed by atoms with Gasteiger partial charge in [-0.3, -0.25) is 9.59 Å². The first-order valence-electron chi connectivity index (χ1n) is 10.4. The van der Waals surface area contributed by atoms with Crippen molar-refractivity contribution < 1.29 is 14.3 Å². The molecule has 1 N–H and O–H groups in total. The summed E-state index contributed by atoms with van der Waals surface area (Å²) in [6.07, 6.45) is 6.65. The van der Waals surface area contributed by atoms with E-state index in [0.29, 0.717) is 19.6 Å². The summed E-state index contributed by atoms with van der Waals surface area (Å²) in [7, 11) is 0. The molecule has 27 heavy (non-hydrogen) atoms. The van der Waals surface area contributed by atoms with Crippen molar-refractivity contribution in [1.29, 1.82) is 0 Å². The van der Waals surface area contributed by atoms with Gasteiger partial charge in [0.2, 0.25) is 11.8 Å². The van der Waals surface area contributed by atoms with Crippen molar-refractivity contribution in [2.75, 3.05) is 19.7 Å². The Labute approximate surface area is 163 Å². The van der Waals surface area contributed by atoms with Gasteiger partial charge in [-0.2, -0.15) is 0 Å². The number of para-hydroxylation sites is 1. The molecule has 1 saturated heterocycles. The van der Waals surface area contributed by atoms with E-state index in [1.165, 1.54) is 12.8 Å². The molecule has 2 rings (SSSR count). The summed E-state index contributed by atoms with van der Waals surface area (Å²) in [5, 5.41) is 3.13. The van der Waals surface area contributed by atoms with Crippen LogP contribution in [0.1, 0.15) is 58.8 Å². The number of likely N-dealkylation sites (tertiary alicyclic amines) is 1. The van der Waals surface area contributed by atoms with Crippen LogP contribution in [-0.4, -0.2) is 42.5 Å². The number of unbranched alkanes of at least 4 members (excludes halogenated alkanes) is 2. The first kappa shape index (κ1) is 21.3. The van der Waals surface area contributed by atoms with E-state index in [1.807, 2.05) is 35.2 Å². The molecular formula is C22H34N2O3. The predicted octanol–water partition coefficient (Wildman–Crippen LogP) is 3.78. The SMILES string of the molecule is CCCCCC(C)NC(=O)C1CCCN(C(=O)CCOc2ccccc2)C1. The van der Waals surface area contributed by atoms with E-state index in [0.717, 1.165) is 38.0 Å². The molecule has 0 bridgehead atoms. The number of benzene rings is 1. The van der Waals surface area contributed by atoms with Crippen molar-refractivity contribution in [1.82, 2.24) is 10.2 Å². The number of carbonyl (C=O) groups is 2. The molecule has 1 fully saturated rings. The lowest BCUT2D eigenvalue weighted by atomic mass is 9.96. The van der Waals surface area contributed by atoms with Gasteiger partial charge in [-0.1, -0.05) is 44.4 Å². The number of rotatable bonds is 10. The lowest BCUT2D eigenvalue weighted by molar-refractivity contribution is -0.136. The Kier molecular flexibility index (Phi) is 9.16. The average Bonchev–Trinajstić information content (AvgIpc) is 2.69. The van der Waals surface area contributed by atoms with E-state index in [2.05, 4.69) is 19.2 Å². The van der Waals surface area contributed by atoms with Crippen molar-refractivity contribution in [2.24, 2.45) is 5.92 Å². The summed E-state index contributed by atoms with van der Waals surface area (Å²) in [6.45, 7) is 5.88. The van der Waals surface area contributed by atoms with Crippen LogP contribution in [0.3, 0.4) is 0 Å². The Hall–Kier alpha value is -2.04. The number of amides is 2. The fraction of sp³-hybridized carbons (Fsp3) is 0.636. The summed E-state index contributed by atoms with van der Waals surface area (Å²) >= 11 is 0. The summed E-state index contributed by atoms with van der Waals surface area (Å²) in [5.41, 5.74) is 0. The van der Waals surface area contributed by atoms with Gasteiger partial charge in [-0.25, -0.2) is 0 Å². The second-order valence-corrected chi connectivity index (χ2v) is 7.50. The highest BCUT2D eigenvalue weighted by Crippen LogP contribution is 2.18. The number of ether oxygens (including phenoxy) is 1. The van der Waals surface area contributed by atoms with E-state index in [9.17, 15) is 9.59 Å². The van der Waals surface area contributed by atoms with Gasteiger partial charge in [0.15, 0.2) is 0 Å². The topological polar surface area (TPSA) is 58.6 Å². The van der Waals surface area contributed by atoms with E-state index >= 15 is 0 Å². The molecule has 1 heterocycles. The molecule has 2 amide bonds. The Bertz CT molecular complexity index is 576. The number of carbonyl (C=O) groups excluding carboxylic acids is 2. The summed E-state index contributed by atoms with van der Waals surface area (Å²) < 4.78 is 5.61. The van der Waals surface area contributed by atoms with Crippen molar-refractivity contribution in [3.05, 3.63) is 30.3 Å². The first-order chi connectivity index (χ1) is 13.1. The molecule has 0 spiro atoms. The number of nitrogens with one attached hydrogen (secondary N) is 1. The highest BCUT2D eigenvalue weighted by atomic mass is 16.5. The zero-order valence-corrected chi connectivity index (χ0v) is 16.8. The number of piperidine rings is 1. The van der Waals surface area contributed by atoms with Crippen LogP contribution in [0.5, 0.6) is 5.75 Å². The fourth-order valence-corrected chi connectivity index (χ4v) is 3.48. The number of hydrogen-bond donors (Lipinski definition) is 1. The molecule has 0 aromatic heterocycles. The van der Waals surface area contributed by atoms with E-state index in [1.54, 1.807) is 0 Å². The third-order valence-corrected chi connectivity index (χ3v) is 5.10. The first-order valence-corrected chi connectivity index (χ1v) is 10.4. The normalized spacial score (nSPS) is 18.0. The van der Waals surface area contributed by atoms with Crippen LogP contribution in [0, 0.1) is 5.92 Å². The Morgan fingerprint density at radius 3 is 2.78 bits per heavy atom. The molecule has 1 aromatic rings.